The minimum atomic E-state index is -1.80. The van der Waals surface area contributed by atoms with Gasteiger partial charge in [0.15, 0.2) is 11.5 Å². The fourth-order valence-corrected chi connectivity index (χ4v) is 7.20. The van der Waals surface area contributed by atoms with E-state index < -0.39 is 41.2 Å². The van der Waals surface area contributed by atoms with Crippen LogP contribution in [-0.2, 0) is 27.4 Å². The molecule has 5 aromatic rings. The highest BCUT2D eigenvalue weighted by Gasteiger charge is 2.68. The number of aliphatic carboxylic acids is 1. The number of carboxylic acids is 1. The second-order valence-corrected chi connectivity index (χ2v) is 12.2. The summed E-state index contributed by atoms with van der Waals surface area (Å²) < 4.78 is 12.1. The predicted octanol–water partition coefficient (Wildman–Crippen LogP) is 5.78. The lowest BCUT2D eigenvalue weighted by Gasteiger charge is -2.31. The van der Waals surface area contributed by atoms with Crippen molar-refractivity contribution in [2.75, 3.05) is 13.7 Å². The summed E-state index contributed by atoms with van der Waals surface area (Å²) in [5.74, 6) is -3.52. The van der Waals surface area contributed by atoms with Crippen molar-refractivity contribution in [1.29, 1.82) is 0 Å². The third-order valence-corrected chi connectivity index (χ3v) is 9.46. The average Bonchev–Trinajstić information content (AvgIpc) is 3.76. The van der Waals surface area contributed by atoms with Gasteiger partial charge in [0.1, 0.15) is 12.1 Å². The number of para-hydroxylation sites is 2. The summed E-state index contributed by atoms with van der Waals surface area (Å²) in [5.41, 5.74) is 2.18. The van der Waals surface area contributed by atoms with E-state index in [1.165, 1.54) is 12.0 Å². The number of carboxylic acid groups (broad SMARTS) is 1. The lowest BCUT2D eigenvalue weighted by molar-refractivity contribution is -0.151. The number of rotatable bonds is 11. The topological polar surface area (TPSA) is 121 Å². The quantitative estimate of drug-likeness (QED) is 0.156. The standard InChI is InChI=1S/C39H35N3O6/c1-47-31-20-10-18-29(35(31)48-24-26-14-6-3-7-15-26)34-32-33(37(44)42(36(32)43)21-11-16-25-12-4-2-5-13-25)39(41-34,38(45)46)22-27-23-40-30-19-9-8-17-28(27)30/h2-20,23,32-34,40-41H,21-22,24H2,1H3,(H,45,46). The summed E-state index contributed by atoms with van der Waals surface area (Å²) in [6.45, 7) is 0.238. The number of H-pyrrole nitrogens is 1. The molecule has 7 rings (SSSR count). The van der Waals surface area contributed by atoms with Crippen LogP contribution in [0.1, 0.15) is 28.3 Å². The maximum absolute atomic E-state index is 14.4. The minimum absolute atomic E-state index is 0.0184. The molecule has 0 radical (unpaired) electrons. The van der Waals surface area contributed by atoms with Crippen LogP contribution in [0.2, 0.25) is 0 Å². The van der Waals surface area contributed by atoms with Crippen molar-refractivity contribution in [3.63, 3.8) is 0 Å². The van der Waals surface area contributed by atoms with Crippen LogP contribution in [0.5, 0.6) is 11.5 Å². The molecule has 9 nitrogen and oxygen atoms in total. The van der Waals surface area contributed by atoms with Crippen molar-refractivity contribution in [1.82, 2.24) is 15.2 Å². The Bertz CT molecular complexity index is 2010. The molecule has 4 atom stereocenters. The van der Waals surface area contributed by atoms with Crippen molar-refractivity contribution in [2.24, 2.45) is 11.8 Å². The number of aromatic nitrogens is 1. The molecule has 0 aliphatic carbocycles. The molecular formula is C39H35N3O6. The third kappa shape index (κ3) is 5.42. The van der Waals surface area contributed by atoms with Gasteiger partial charge in [0, 0.05) is 41.7 Å². The number of hydrogen-bond acceptors (Lipinski definition) is 6. The first-order valence-corrected chi connectivity index (χ1v) is 15.9. The van der Waals surface area contributed by atoms with Gasteiger partial charge in [-0.3, -0.25) is 24.6 Å². The molecule has 242 valence electrons. The number of benzene rings is 4. The molecule has 3 heterocycles. The molecule has 0 saturated carbocycles. The molecule has 1 aromatic heterocycles. The molecule has 2 amide bonds. The molecule has 2 saturated heterocycles. The van der Waals surface area contributed by atoms with Crippen molar-refractivity contribution >= 4 is 34.8 Å². The van der Waals surface area contributed by atoms with Crippen molar-refractivity contribution < 1.29 is 29.0 Å². The Morgan fingerprint density at radius 3 is 2.40 bits per heavy atom. The van der Waals surface area contributed by atoms with Crippen LogP contribution in [0.25, 0.3) is 17.0 Å². The lowest BCUT2D eigenvalue weighted by atomic mass is 9.76. The van der Waals surface area contributed by atoms with E-state index in [1.807, 2.05) is 91.0 Å². The highest BCUT2D eigenvalue weighted by molar-refractivity contribution is 6.10. The Morgan fingerprint density at radius 2 is 1.65 bits per heavy atom. The first-order valence-electron chi connectivity index (χ1n) is 15.9. The van der Waals surface area contributed by atoms with Crippen molar-refractivity contribution in [3.8, 4) is 11.5 Å². The Morgan fingerprint density at radius 1 is 0.917 bits per heavy atom. The molecule has 2 aliphatic rings. The zero-order valence-corrected chi connectivity index (χ0v) is 26.3. The average molecular weight is 642 g/mol. The Kier molecular flexibility index (Phi) is 8.29. The fourth-order valence-electron chi connectivity index (χ4n) is 7.20. The van der Waals surface area contributed by atoms with Crippen molar-refractivity contribution in [2.45, 2.75) is 24.6 Å². The lowest BCUT2D eigenvalue weighted by Crippen LogP contribution is -2.57. The fraction of sp³-hybridized carbons (Fsp3) is 0.205. The van der Waals surface area contributed by atoms with E-state index in [1.54, 1.807) is 30.5 Å². The number of fused-ring (bicyclic) bond motifs is 2. The van der Waals surface area contributed by atoms with Crippen LogP contribution in [0.15, 0.2) is 115 Å². The Labute approximate surface area is 277 Å². The number of imide groups is 1. The van der Waals surface area contributed by atoms with Crippen LogP contribution in [0, 0.1) is 11.8 Å². The van der Waals surface area contributed by atoms with E-state index in [-0.39, 0.29) is 19.6 Å². The van der Waals surface area contributed by atoms with Gasteiger partial charge < -0.3 is 19.6 Å². The number of carbonyl (C=O) groups is 3. The largest absolute Gasteiger partial charge is 0.493 e. The van der Waals surface area contributed by atoms with Gasteiger partial charge in [-0.05, 0) is 28.8 Å². The minimum Gasteiger partial charge on any atom is -0.493 e. The Balaban J connectivity index is 1.31. The van der Waals surface area contributed by atoms with E-state index >= 15 is 0 Å². The van der Waals surface area contributed by atoms with E-state index in [0.717, 1.165) is 27.6 Å². The number of nitrogens with one attached hydrogen (secondary N) is 2. The summed E-state index contributed by atoms with van der Waals surface area (Å²) in [6, 6.07) is 31.3. The van der Waals surface area contributed by atoms with Crippen LogP contribution in [0.3, 0.4) is 0 Å². The highest BCUT2D eigenvalue weighted by atomic mass is 16.5. The third-order valence-electron chi connectivity index (χ3n) is 9.46. The summed E-state index contributed by atoms with van der Waals surface area (Å²) in [4.78, 5) is 46.7. The summed E-state index contributed by atoms with van der Waals surface area (Å²) >= 11 is 0. The van der Waals surface area contributed by atoms with Crippen molar-refractivity contribution in [3.05, 3.63) is 138 Å². The molecule has 4 unspecified atom stereocenters. The van der Waals surface area contributed by atoms with Gasteiger partial charge in [0.25, 0.3) is 0 Å². The zero-order chi connectivity index (χ0) is 33.3. The van der Waals surface area contributed by atoms with Crippen LogP contribution in [0.4, 0.5) is 0 Å². The highest BCUT2D eigenvalue weighted by Crippen LogP contribution is 2.53. The number of carbonyl (C=O) groups excluding carboxylic acids is 2. The van der Waals surface area contributed by atoms with Gasteiger partial charge in [0.05, 0.1) is 18.9 Å². The monoisotopic (exact) mass is 641 g/mol. The number of amides is 2. The first-order chi connectivity index (χ1) is 23.4. The van der Waals surface area contributed by atoms with Gasteiger partial charge in [0.2, 0.25) is 11.8 Å². The van der Waals surface area contributed by atoms with Gasteiger partial charge in [-0.2, -0.15) is 0 Å². The van der Waals surface area contributed by atoms with Gasteiger partial charge in [-0.1, -0.05) is 103 Å². The molecular weight excluding hydrogens is 606 g/mol. The van der Waals surface area contributed by atoms with Crippen LogP contribution < -0.4 is 14.8 Å². The second-order valence-electron chi connectivity index (χ2n) is 12.2. The summed E-state index contributed by atoms with van der Waals surface area (Å²) in [5, 5.41) is 15.3. The van der Waals surface area contributed by atoms with E-state index in [2.05, 4.69) is 10.3 Å². The number of ether oxygens (including phenoxy) is 2. The smallest absolute Gasteiger partial charge is 0.325 e. The molecule has 48 heavy (non-hydrogen) atoms. The number of likely N-dealkylation sites (tertiary alicyclic amines) is 1. The molecule has 2 fully saturated rings. The summed E-state index contributed by atoms with van der Waals surface area (Å²) in [7, 11) is 1.53. The molecule has 2 aliphatic heterocycles. The normalized spacial score (nSPS) is 22.0. The number of methoxy groups -OCH3 is 1. The first kappa shape index (κ1) is 31.0. The van der Waals surface area contributed by atoms with E-state index in [9.17, 15) is 19.5 Å². The molecule has 0 spiro atoms. The van der Waals surface area contributed by atoms with Crippen LogP contribution >= 0.6 is 0 Å². The zero-order valence-electron chi connectivity index (χ0n) is 26.3. The van der Waals surface area contributed by atoms with Gasteiger partial charge in [-0.25, -0.2) is 0 Å². The molecule has 0 bridgehead atoms. The maximum atomic E-state index is 14.4. The van der Waals surface area contributed by atoms with Gasteiger partial charge in [-0.15, -0.1) is 0 Å². The van der Waals surface area contributed by atoms with Crippen LogP contribution in [-0.4, -0.2) is 52.0 Å². The molecule has 3 N–H and O–H groups in total. The second kappa shape index (κ2) is 12.8. The maximum Gasteiger partial charge on any atom is 0.325 e. The molecule has 4 aromatic carbocycles. The number of hydrogen-bond donors (Lipinski definition) is 3. The summed E-state index contributed by atoms with van der Waals surface area (Å²) in [6.07, 6.45) is 5.36. The number of nitrogens with zero attached hydrogens (tertiary/aromatic N) is 1. The van der Waals surface area contributed by atoms with E-state index in [4.69, 9.17) is 9.47 Å². The Hall–Kier alpha value is -5.67. The number of aromatic amines is 1. The van der Waals surface area contributed by atoms with Gasteiger partial charge >= 0.3 is 5.97 Å². The molecule has 9 heteroatoms. The SMILES string of the molecule is COc1cccc(C2NC(Cc3c[nH]c4ccccc34)(C(=O)O)C3C(=O)N(CC=Cc4ccccc4)C(=O)C23)c1OCc1ccccc1. The van der Waals surface area contributed by atoms with E-state index in [0.29, 0.717) is 17.1 Å². The predicted molar refractivity (Wildman–Crippen MR) is 181 cm³/mol.